The number of allylic oxidation sites excluding steroid dienone is 4. The molecule has 1 aromatic rings. The second kappa shape index (κ2) is 9.14. The number of ether oxygens (including phenoxy) is 1. The van der Waals surface area contributed by atoms with E-state index in [1.54, 1.807) is 20.8 Å². The third-order valence-corrected chi connectivity index (χ3v) is 11.2. The first-order valence-corrected chi connectivity index (χ1v) is 14.8. The number of esters is 1. The Morgan fingerprint density at radius 2 is 1.90 bits per heavy atom. The highest BCUT2D eigenvalue weighted by molar-refractivity contribution is 7.85. The van der Waals surface area contributed by atoms with E-state index in [-0.39, 0.29) is 17.8 Å². The zero-order valence-electron chi connectivity index (χ0n) is 22.5. The number of aliphatic hydroxyl groups is 2. The summed E-state index contributed by atoms with van der Waals surface area (Å²) in [6.45, 7) is 4.22. The highest BCUT2D eigenvalue weighted by atomic mass is 32.2. The number of alkyl halides is 1. The molecule has 4 aliphatic carbocycles. The van der Waals surface area contributed by atoms with Crippen molar-refractivity contribution < 1.29 is 46.7 Å². The number of rotatable bonds is 5. The molecule has 9 nitrogen and oxygen atoms in total. The summed E-state index contributed by atoms with van der Waals surface area (Å²) in [5, 5.41) is 23.4. The maximum absolute atomic E-state index is 17.3. The molecule has 1 aromatic carbocycles. The lowest BCUT2D eigenvalue weighted by molar-refractivity contribution is -0.219. The van der Waals surface area contributed by atoms with Crippen molar-refractivity contribution in [1.29, 1.82) is 0 Å². The van der Waals surface area contributed by atoms with Crippen molar-refractivity contribution in [2.75, 3.05) is 6.61 Å². The van der Waals surface area contributed by atoms with E-state index >= 15 is 4.39 Å². The average molecular weight is 577 g/mol. The van der Waals surface area contributed by atoms with Crippen LogP contribution < -0.4 is 0 Å². The van der Waals surface area contributed by atoms with Crippen LogP contribution in [0.15, 0.2) is 53.0 Å². The van der Waals surface area contributed by atoms with Gasteiger partial charge in [-0.2, -0.15) is 8.42 Å². The van der Waals surface area contributed by atoms with E-state index in [4.69, 9.17) is 4.74 Å². The quantitative estimate of drug-likeness (QED) is 0.354. The molecule has 3 N–H and O–H groups in total. The molecule has 0 aliphatic heterocycles. The summed E-state index contributed by atoms with van der Waals surface area (Å²) < 4.78 is 54.4. The molecule has 0 unspecified atom stereocenters. The second-order valence-corrected chi connectivity index (χ2v) is 13.6. The number of carbonyl (C=O) groups excluding carboxylic acids is 3. The number of benzene rings is 1. The monoisotopic (exact) mass is 576 g/mol. The molecule has 3 fully saturated rings. The molecule has 5 rings (SSSR count). The van der Waals surface area contributed by atoms with Crippen molar-refractivity contribution in [3.05, 3.63) is 53.6 Å². The van der Waals surface area contributed by atoms with Crippen LogP contribution in [0, 0.1) is 28.6 Å². The highest BCUT2D eigenvalue weighted by Gasteiger charge is 2.75. The predicted octanol–water partition coefficient (Wildman–Crippen LogP) is 3.01. The van der Waals surface area contributed by atoms with Crippen LogP contribution in [0.1, 0.15) is 56.8 Å². The smallest absolute Gasteiger partial charge is 0.338 e. The minimum atomic E-state index is -4.57. The Morgan fingerprint density at radius 3 is 2.58 bits per heavy atom. The SMILES string of the molecule is C[C@@H]1C[C@H]2[C@@H]3CCC4=CC(=O)C=C[C@]4(C)[C@@]3(F)[C@H](O)C[C@]2(C)[C@@]1(O)C(=O)COC(=O)c1cccc(S(=O)(=O)O)c1. The molecule has 4 aliphatic rings. The van der Waals surface area contributed by atoms with Crippen LogP contribution in [-0.4, -0.2) is 64.7 Å². The average Bonchev–Trinajstić information content (AvgIpc) is 3.09. The number of halogens is 1. The number of hydrogen-bond acceptors (Lipinski definition) is 8. The maximum atomic E-state index is 17.3. The predicted molar refractivity (Wildman–Crippen MR) is 139 cm³/mol. The molecule has 0 bridgehead atoms. The fourth-order valence-electron chi connectivity index (χ4n) is 8.25. The van der Waals surface area contributed by atoms with Crippen LogP contribution in [-0.2, 0) is 24.4 Å². The van der Waals surface area contributed by atoms with E-state index in [1.807, 2.05) is 0 Å². The van der Waals surface area contributed by atoms with Crippen LogP contribution in [0.2, 0.25) is 0 Å². The number of Topliss-reactive ketones (excluding diaryl/α,β-unsaturated/α-hetero) is 1. The third kappa shape index (κ3) is 3.81. The first-order chi connectivity index (χ1) is 18.5. The fourth-order valence-corrected chi connectivity index (χ4v) is 8.77. The van der Waals surface area contributed by atoms with Gasteiger partial charge >= 0.3 is 5.97 Å². The highest BCUT2D eigenvalue weighted by Crippen LogP contribution is 2.70. The summed E-state index contributed by atoms with van der Waals surface area (Å²) in [5.74, 6) is -3.86. The van der Waals surface area contributed by atoms with Gasteiger partial charge in [0.15, 0.2) is 18.1 Å². The van der Waals surface area contributed by atoms with Crippen molar-refractivity contribution >= 4 is 27.7 Å². The fraction of sp³-hybridized carbons (Fsp3) is 0.552. The van der Waals surface area contributed by atoms with E-state index in [2.05, 4.69) is 0 Å². The van der Waals surface area contributed by atoms with Gasteiger partial charge in [-0.25, -0.2) is 9.18 Å². The lowest BCUT2D eigenvalue weighted by atomic mass is 9.44. The van der Waals surface area contributed by atoms with Crippen molar-refractivity contribution in [2.45, 2.75) is 68.7 Å². The van der Waals surface area contributed by atoms with E-state index in [9.17, 15) is 37.6 Å². The van der Waals surface area contributed by atoms with Gasteiger partial charge in [0.25, 0.3) is 10.1 Å². The number of hydrogen-bond donors (Lipinski definition) is 3. The molecule has 0 spiro atoms. The van der Waals surface area contributed by atoms with Gasteiger partial charge in [0, 0.05) is 16.7 Å². The Bertz CT molecular complexity index is 1470. The zero-order chi connectivity index (χ0) is 29.5. The number of carbonyl (C=O) groups is 3. The van der Waals surface area contributed by atoms with Gasteiger partial charge in [-0.05, 0) is 74.8 Å². The van der Waals surface area contributed by atoms with Crippen molar-refractivity contribution in [1.82, 2.24) is 0 Å². The summed E-state index contributed by atoms with van der Waals surface area (Å²) in [7, 11) is -4.57. The van der Waals surface area contributed by atoms with Crippen molar-refractivity contribution in [3.63, 3.8) is 0 Å². The summed E-state index contributed by atoms with van der Waals surface area (Å²) in [4.78, 5) is 37.7. The molecule has 0 radical (unpaired) electrons. The van der Waals surface area contributed by atoms with Crippen LogP contribution in [0.5, 0.6) is 0 Å². The molecule has 40 heavy (non-hydrogen) atoms. The topological polar surface area (TPSA) is 155 Å². The summed E-state index contributed by atoms with van der Waals surface area (Å²) >= 11 is 0. The van der Waals surface area contributed by atoms with Gasteiger partial charge in [0.05, 0.1) is 16.6 Å². The summed E-state index contributed by atoms with van der Waals surface area (Å²) in [6, 6.07) is 4.48. The molecule has 0 heterocycles. The van der Waals surface area contributed by atoms with Crippen LogP contribution in [0.4, 0.5) is 4.39 Å². The van der Waals surface area contributed by atoms with Gasteiger partial charge in [0.1, 0.15) is 5.60 Å². The largest absolute Gasteiger partial charge is 0.454 e. The van der Waals surface area contributed by atoms with E-state index in [0.717, 1.165) is 12.1 Å². The van der Waals surface area contributed by atoms with Gasteiger partial charge in [-0.1, -0.05) is 31.6 Å². The first-order valence-electron chi connectivity index (χ1n) is 13.3. The Hall–Kier alpha value is -2.73. The van der Waals surface area contributed by atoms with Crippen molar-refractivity contribution in [2.24, 2.45) is 28.6 Å². The maximum Gasteiger partial charge on any atom is 0.338 e. The first kappa shape index (κ1) is 28.8. The molecule has 3 saturated carbocycles. The molecule has 11 heteroatoms. The summed E-state index contributed by atoms with van der Waals surface area (Å²) in [6.07, 6.45) is 3.64. The van der Waals surface area contributed by atoms with Gasteiger partial charge in [-0.15, -0.1) is 0 Å². The Morgan fingerprint density at radius 1 is 1.20 bits per heavy atom. The Kier molecular flexibility index (Phi) is 6.58. The molecular weight excluding hydrogens is 543 g/mol. The Labute approximate surface area is 231 Å². The molecule has 0 aromatic heterocycles. The van der Waals surface area contributed by atoms with Crippen LogP contribution in [0.25, 0.3) is 0 Å². The number of aliphatic hydroxyl groups excluding tert-OH is 1. The van der Waals surface area contributed by atoms with Crippen molar-refractivity contribution in [3.8, 4) is 0 Å². The molecule has 0 saturated heterocycles. The summed E-state index contributed by atoms with van der Waals surface area (Å²) in [5.41, 5.74) is -6.17. The molecule has 8 atom stereocenters. The lowest BCUT2D eigenvalue weighted by Gasteiger charge is -2.62. The van der Waals surface area contributed by atoms with Gasteiger partial charge in [-0.3, -0.25) is 14.1 Å². The zero-order valence-corrected chi connectivity index (χ0v) is 23.3. The molecule has 0 amide bonds. The van der Waals surface area contributed by atoms with E-state index in [1.165, 1.54) is 30.4 Å². The van der Waals surface area contributed by atoms with E-state index < -0.39 is 79.3 Å². The van der Waals surface area contributed by atoms with Gasteiger partial charge in [0.2, 0.25) is 5.78 Å². The normalized spacial score (nSPS) is 40.5. The standard InChI is InChI=1S/C29H33FO9S/c1-16-11-22-21-8-7-18-13-19(31)9-10-26(18,2)28(21,30)23(32)14-27(22,3)29(16,35)24(33)15-39-25(34)17-5-4-6-20(12-17)40(36,37)38/h4-6,9-10,12-13,16,21-23,32,35H,7-8,11,14-15H2,1-3H3,(H,36,37,38)/t16-,21+,22+,23-,26+,27+,28+,29+/m1/s1. The number of ketones is 2. The molecular formula is C29H33FO9S. The Balaban J connectivity index is 1.41. The minimum Gasteiger partial charge on any atom is -0.454 e. The minimum absolute atomic E-state index is 0.216. The third-order valence-electron chi connectivity index (χ3n) is 10.3. The van der Waals surface area contributed by atoms with Gasteiger partial charge < -0.3 is 14.9 Å². The number of fused-ring (bicyclic) bond motifs is 5. The lowest BCUT2D eigenvalue weighted by Crippen LogP contribution is -2.69. The molecule has 216 valence electrons. The van der Waals surface area contributed by atoms with Crippen LogP contribution in [0.3, 0.4) is 0 Å². The second-order valence-electron chi connectivity index (χ2n) is 12.2. The van der Waals surface area contributed by atoms with Crippen LogP contribution >= 0.6 is 0 Å². The van der Waals surface area contributed by atoms with E-state index in [0.29, 0.717) is 24.8 Å².